The summed E-state index contributed by atoms with van der Waals surface area (Å²) in [6, 6.07) is -0.932. The molecule has 0 aliphatic carbocycles. The van der Waals surface area contributed by atoms with Crippen molar-refractivity contribution < 1.29 is 28.4 Å². The van der Waals surface area contributed by atoms with E-state index >= 15 is 0 Å². The minimum absolute atomic E-state index is 0.00331. The zero-order chi connectivity index (χ0) is 12.1. The highest BCUT2D eigenvalue weighted by Gasteiger charge is 2.19. The molecule has 4 N–H and O–H groups in total. The lowest BCUT2D eigenvalue weighted by molar-refractivity contribution is -0.149. The van der Waals surface area contributed by atoms with Crippen LogP contribution in [0.5, 0.6) is 0 Å². The van der Waals surface area contributed by atoms with E-state index in [0.717, 1.165) is 0 Å². The van der Waals surface area contributed by atoms with Crippen LogP contribution in [0.4, 0.5) is 0 Å². The summed E-state index contributed by atoms with van der Waals surface area (Å²) in [4.78, 5) is 27.8. The topological polar surface area (TPSA) is 119 Å². The first-order valence-corrected chi connectivity index (χ1v) is 5.91. The molecule has 0 heterocycles. The van der Waals surface area contributed by atoms with Crippen molar-refractivity contribution in [3.8, 4) is 0 Å². The van der Waals surface area contributed by atoms with Gasteiger partial charge in [0.1, 0.15) is 6.04 Å². The summed E-state index contributed by atoms with van der Waals surface area (Å²) in [5.74, 6) is -0.612. The van der Waals surface area contributed by atoms with Gasteiger partial charge in [0.05, 0.1) is 12.7 Å². The molecular weight excluding hydrogens is 225 g/mol. The van der Waals surface area contributed by atoms with E-state index in [1.807, 2.05) is 0 Å². The Balaban J connectivity index is 3.79. The molecule has 0 radical (unpaired) electrons. The van der Waals surface area contributed by atoms with Crippen molar-refractivity contribution >= 4 is 13.8 Å². The van der Waals surface area contributed by atoms with Crippen LogP contribution in [-0.2, 0) is 18.6 Å². The SMILES string of the molecule is CC(C)OC(=O)[C@@H](N)CCOP(=O)(O)O. The molecule has 0 aromatic carbocycles. The maximum absolute atomic E-state index is 11.1. The van der Waals surface area contributed by atoms with E-state index in [1.54, 1.807) is 13.8 Å². The van der Waals surface area contributed by atoms with E-state index in [2.05, 4.69) is 4.52 Å². The molecule has 0 bridgehead atoms. The van der Waals surface area contributed by atoms with Gasteiger partial charge in [0.2, 0.25) is 0 Å². The largest absolute Gasteiger partial charge is 0.469 e. The third kappa shape index (κ3) is 8.53. The molecule has 90 valence electrons. The summed E-state index contributed by atoms with van der Waals surface area (Å²) >= 11 is 0. The first-order chi connectivity index (χ1) is 6.72. The van der Waals surface area contributed by atoms with Gasteiger partial charge in [-0.25, -0.2) is 4.57 Å². The number of carbonyl (C=O) groups excluding carboxylic acids is 1. The van der Waals surface area contributed by atoms with Crippen molar-refractivity contribution in [2.24, 2.45) is 5.73 Å². The molecule has 7 nitrogen and oxygen atoms in total. The Bertz CT molecular complexity index is 250. The summed E-state index contributed by atoms with van der Waals surface area (Å²) in [5, 5.41) is 0. The molecule has 0 aromatic rings. The molecule has 0 fully saturated rings. The Hall–Kier alpha value is -0.460. The fraction of sp³-hybridized carbons (Fsp3) is 0.857. The molecule has 0 aliphatic heterocycles. The van der Waals surface area contributed by atoms with Crippen molar-refractivity contribution in [3.63, 3.8) is 0 Å². The second-order valence-corrected chi connectivity index (χ2v) is 4.44. The van der Waals surface area contributed by atoms with Crippen molar-refractivity contribution in [2.75, 3.05) is 6.61 Å². The standard InChI is InChI=1S/C7H16NO6P/c1-5(2)14-7(9)6(8)3-4-13-15(10,11)12/h5-6H,3-4,8H2,1-2H3,(H2,10,11,12)/t6-/m0/s1. The molecule has 15 heavy (non-hydrogen) atoms. The lowest BCUT2D eigenvalue weighted by Gasteiger charge is -2.13. The van der Waals surface area contributed by atoms with E-state index in [1.165, 1.54) is 0 Å². The van der Waals surface area contributed by atoms with Gasteiger partial charge in [-0.1, -0.05) is 0 Å². The second kappa shape index (κ2) is 6.19. The van der Waals surface area contributed by atoms with Crippen LogP contribution < -0.4 is 5.73 Å². The number of nitrogens with two attached hydrogens (primary N) is 1. The number of carbonyl (C=O) groups is 1. The van der Waals surface area contributed by atoms with Crippen LogP contribution >= 0.6 is 7.82 Å². The Morgan fingerprint density at radius 2 is 2.00 bits per heavy atom. The average Bonchev–Trinajstić information content (AvgIpc) is 2.00. The van der Waals surface area contributed by atoms with Crippen LogP contribution in [0.3, 0.4) is 0 Å². The first kappa shape index (κ1) is 14.5. The van der Waals surface area contributed by atoms with Crippen LogP contribution in [0.15, 0.2) is 0 Å². The van der Waals surface area contributed by atoms with Gasteiger partial charge in [-0.05, 0) is 20.3 Å². The molecule has 0 aliphatic rings. The predicted octanol–water partition coefficient (Wildman–Crippen LogP) is -0.235. The Kier molecular flexibility index (Phi) is 6.00. The van der Waals surface area contributed by atoms with Gasteiger partial charge in [0, 0.05) is 0 Å². The zero-order valence-electron chi connectivity index (χ0n) is 8.62. The molecule has 1 atom stereocenters. The fourth-order valence-electron chi connectivity index (χ4n) is 0.736. The van der Waals surface area contributed by atoms with Gasteiger partial charge in [-0.15, -0.1) is 0 Å². The quantitative estimate of drug-likeness (QED) is 0.433. The maximum atomic E-state index is 11.1. The third-order valence-corrected chi connectivity index (χ3v) is 1.86. The fourth-order valence-corrected chi connectivity index (χ4v) is 1.08. The predicted molar refractivity (Wildman–Crippen MR) is 51.8 cm³/mol. The highest BCUT2D eigenvalue weighted by atomic mass is 31.2. The van der Waals surface area contributed by atoms with E-state index in [-0.39, 0.29) is 19.1 Å². The molecule has 0 saturated carbocycles. The molecule has 8 heteroatoms. The lowest BCUT2D eigenvalue weighted by Crippen LogP contribution is -2.34. The van der Waals surface area contributed by atoms with Crippen LogP contribution in [0.1, 0.15) is 20.3 Å². The molecule has 0 spiro atoms. The first-order valence-electron chi connectivity index (χ1n) is 4.38. The van der Waals surface area contributed by atoms with Crippen molar-refractivity contribution in [1.82, 2.24) is 0 Å². The Morgan fingerprint density at radius 1 is 1.47 bits per heavy atom. The molecular formula is C7H16NO6P. The monoisotopic (exact) mass is 241 g/mol. The normalized spacial score (nSPS) is 14.0. The van der Waals surface area contributed by atoms with Crippen LogP contribution in [0.2, 0.25) is 0 Å². The number of esters is 1. The van der Waals surface area contributed by atoms with Gasteiger partial charge in [0.25, 0.3) is 0 Å². The van der Waals surface area contributed by atoms with Crippen molar-refractivity contribution in [1.29, 1.82) is 0 Å². The number of hydrogen-bond donors (Lipinski definition) is 3. The lowest BCUT2D eigenvalue weighted by atomic mass is 10.2. The molecule has 0 saturated heterocycles. The number of phosphoric ester groups is 1. The summed E-state index contributed by atoms with van der Waals surface area (Å²) in [5.41, 5.74) is 5.39. The van der Waals surface area contributed by atoms with Gasteiger partial charge in [-0.3, -0.25) is 9.32 Å². The smallest absolute Gasteiger partial charge is 0.462 e. The maximum Gasteiger partial charge on any atom is 0.469 e. The van der Waals surface area contributed by atoms with Crippen LogP contribution in [0, 0.1) is 0 Å². The average molecular weight is 241 g/mol. The van der Waals surface area contributed by atoms with Crippen molar-refractivity contribution in [3.05, 3.63) is 0 Å². The van der Waals surface area contributed by atoms with Gasteiger partial charge in [0.15, 0.2) is 0 Å². The van der Waals surface area contributed by atoms with E-state index < -0.39 is 19.8 Å². The highest BCUT2D eigenvalue weighted by Crippen LogP contribution is 2.35. The molecule has 0 amide bonds. The minimum Gasteiger partial charge on any atom is -0.462 e. The third-order valence-electron chi connectivity index (χ3n) is 1.34. The zero-order valence-corrected chi connectivity index (χ0v) is 9.52. The summed E-state index contributed by atoms with van der Waals surface area (Å²) < 4.78 is 19.2. The van der Waals surface area contributed by atoms with Crippen molar-refractivity contribution in [2.45, 2.75) is 32.4 Å². The molecule has 0 unspecified atom stereocenters. The van der Waals surface area contributed by atoms with Gasteiger partial charge in [-0.2, -0.15) is 0 Å². The van der Waals surface area contributed by atoms with E-state index in [4.69, 9.17) is 20.3 Å². The van der Waals surface area contributed by atoms with Gasteiger partial charge < -0.3 is 20.3 Å². The highest BCUT2D eigenvalue weighted by molar-refractivity contribution is 7.46. The van der Waals surface area contributed by atoms with E-state index in [9.17, 15) is 9.36 Å². The van der Waals surface area contributed by atoms with Gasteiger partial charge >= 0.3 is 13.8 Å². The van der Waals surface area contributed by atoms with Crippen LogP contribution in [-0.4, -0.2) is 34.5 Å². The summed E-state index contributed by atoms with van der Waals surface area (Å²) in [6.45, 7) is 3.06. The number of rotatable bonds is 6. The number of phosphoric acid groups is 1. The second-order valence-electron chi connectivity index (χ2n) is 3.20. The Labute approximate surface area is 87.8 Å². The number of ether oxygens (including phenoxy) is 1. The molecule has 0 rings (SSSR count). The molecule has 0 aromatic heterocycles. The summed E-state index contributed by atoms with van der Waals surface area (Å²) in [6.07, 6.45) is -0.275. The summed E-state index contributed by atoms with van der Waals surface area (Å²) in [7, 11) is -4.49. The number of hydrogen-bond acceptors (Lipinski definition) is 5. The van der Waals surface area contributed by atoms with Crippen LogP contribution in [0.25, 0.3) is 0 Å². The Morgan fingerprint density at radius 3 is 2.40 bits per heavy atom. The van der Waals surface area contributed by atoms with E-state index in [0.29, 0.717) is 0 Å². The minimum atomic E-state index is -4.49.